The molecule has 20 nitrogen and oxygen atoms in total. The number of hydrogen-bond donors (Lipinski definition) is 4. The van der Waals surface area contributed by atoms with Crippen molar-refractivity contribution in [1.82, 2.24) is 31.1 Å². The summed E-state index contributed by atoms with van der Waals surface area (Å²) < 4.78 is 21.9. The lowest BCUT2D eigenvalue weighted by Gasteiger charge is -2.27. The van der Waals surface area contributed by atoms with E-state index in [1.54, 1.807) is 0 Å². The summed E-state index contributed by atoms with van der Waals surface area (Å²) in [5.41, 5.74) is -0.0908. The van der Waals surface area contributed by atoms with E-state index in [4.69, 9.17) is 18.9 Å². The molecule has 4 aliphatic rings. The van der Waals surface area contributed by atoms with Gasteiger partial charge < -0.3 is 29.6 Å². The number of nitrogens with zero attached hydrogens (tertiary/aromatic N) is 2. The van der Waals surface area contributed by atoms with Crippen molar-refractivity contribution in [3.05, 3.63) is 58.7 Å². The number of piperidine rings is 2. The number of carbonyl (C=O) groups excluding carboxylic acids is 10. The zero-order chi connectivity index (χ0) is 39.9. The maximum Gasteiger partial charge on any atom is 0.266 e. The van der Waals surface area contributed by atoms with Crippen LogP contribution in [0.3, 0.4) is 0 Å². The molecule has 2 atom stereocenters. The first kappa shape index (κ1) is 39.2. The number of nitrogens with one attached hydrogen (secondary N) is 4. The predicted molar refractivity (Wildman–Crippen MR) is 185 cm³/mol. The lowest BCUT2D eigenvalue weighted by Crippen LogP contribution is -2.54. The van der Waals surface area contributed by atoms with E-state index in [-0.39, 0.29) is 99.0 Å². The van der Waals surface area contributed by atoms with E-state index in [1.807, 2.05) is 0 Å². The minimum Gasteiger partial charge on any atom is -0.483 e. The number of benzene rings is 2. The maximum absolute atomic E-state index is 13.1. The Morgan fingerprint density at radius 2 is 1.00 bits per heavy atom. The SMILES string of the molecule is O=C(COc1cccc2c1C(=O)N(C1CCC(=O)NC1=O)C2=O)NCCOCCOCCNC(=O)COc1cccc2c1C(=O)N(C1CCC(=O)NC1=O)C2=O. The fourth-order valence-electron chi connectivity index (χ4n) is 6.44. The molecule has 6 rings (SSSR count). The Hall–Kier alpha value is -6.54. The number of ether oxygens (including phenoxy) is 4. The molecule has 2 fully saturated rings. The van der Waals surface area contributed by atoms with Gasteiger partial charge in [-0.2, -0.15) is 0 Å². The van der Waals surface area contributed by atoms with E-state index >= 15 is 0 Å². The molecule has 0 radical (unpaired) electrons. The third kappa shape index (κ3) is 8.40. The quantitative estimate of drug-likeness (QED) is 0.102. The van der Waals surface area contributed by atoms with Crippen molar-refractivity contribution >= 4 is 59.1 Å². The van der Waals surface area contributed by atoms with E-state index in [1.165, 1.54) is 36.4 Å². The fourth-order valence-corrected chi connectivity index (χ4v) is 6.44. The van der Waals surface area contributed by atoms with Crippen molar-refractivity contribution in [1.29, 1.82) is 0 Å². The first-order valence-corrected chi connectivity index (χ1v) is 17.6. The molecule has 4 aliphatic heterocycles. The van der Waals surface area contributed by atoms with E-state index < -0.39 is 84.4 Å². The second-order valence-electron chi connectivity index (χ2n) is 12.8. The largest absolute Gasteiger partial charge is 0.483 e. The minimum atomic E-state index is -1.13. The van der Waals surface area contributed by atoms with Crippen LogP contribution >= 0.6 is 0 Å². The highest BCUT2D eigenvalue weighted by Gasteiger charge is 2.47. The Morgan fingerprint density at radius 3 is 1.39 bits per heavy atom. The molecule has 0 saturated carbocycles. The topological polar surface area (TPSA) is 262 Å². The van der Waals surface area contributed by atoms with Crippen molar-refractivity contribution < 1.29 is 66.9 Å². The normalized spacial score (nSPS) is 19.1. The van der Waals surface area contributed by atoms with Gasteiger partial charge >= 0.3 is 0 Å². The predicted octanol–water partition coefficient (Wildman–Crippen LogP) is -1.79. The third-order valence-corrected chi connectivity index (χ3v) is 9.09. The Balaban J connectivity index is 0.825. The Kier molecular flexibility index (Phi) is 12.1. The van der Waals surface area contributed by atoms with Crippen molar-refractivity contribution in [2.24, 2.45) is 0 Å². The molecule has 0 aliphatic carbocycles. The molecule has 10 amide bonds. The molecule has 4 N–H and O–H groups in total. The molecule has 294 valence electrons. The van der Waals surface area contributed by atoms with Gasteiger partial charge in [-0.3, -0.25) is 68.4 Å². The lowest BCUT2D eigenvalue weighted by atomic mass is 10.0. The highest BCUT2D eigenvalue weighted by Crippen LogP contribution is 2.35. The summed E-state index contributed by atoms with van der Waals surface area (Å²) in [5.74, 6) is -6.40. The number of rotatable bonds is 17. The number of carbonyl (C=O) groups is 10. The van der Waals surface area contributed by atoms with Crippen LogP contribution in [0.5, 0.6) is 11.5 Å². The second-order valence-corrected chi connectivity index (χ2v) is 12.8. The lowest BCUT2D eigenvalue weighted by molar-refractivity contribution is -0.137. The summed E-state index contributed by atoms with van der Waals surface area (Å²) in [6, 6.07) is 6.38. The van der Waals surface area contributed by atoms with Gasteiger partial charge in [0.25, 0.3) is 35.4 Å². The number of fused-ring (bicyclic) bond motifs is 2. The molecule has 2 aromatic rings. The van der Waals surface area contributed by atoms with Gasteiger partial charge in [-0.15, -0.1) is 0 Å². The van der Waals surface area contributed by atoms with Crippen LogP contribution in [0.4, 0.5) is 0 Å². The maximum atomic E-state index is 13.1. The monoisotopic (exact) mass is 776 g/mol. The van der Waals surface area contributed by atoms with Crippen LogP contribution in [-0.2, 0) is 38.2 Å². The van der Waals surface area contributed by atoms with Crippen molar-refractivity contribution in [3.8, 4) is 11.5 Å². The average molecular weight is 777 g/mol. The van der Waals surface area contributed by atoms with E-state index in [9.17, 15) is 47.9 Å². The zero-order valence-corrected chi connectivity index (χ0v) is 29.7. The molecule has 0 spiro atoms. The summed E-state index contributed by atoms with van der Waals surface area (Å²) >= 11 is 0. The zero-order valence-electron chi connectivity index (χ0n) is 29.7. The molecule has 20 heteroatoms. The molecule has 2 aromatic carbocycles. The molecule has 2 unspecified atom stereocenters. The first-order chi connectivity index (χ1) is 27.0. The fraction of sp³-hybridized carbons (Fsp3) is 0.389. The standard InChI is InChI=1S/C36H36N6O14/c43-25-9-7-21(31(47)39-25)41-33(49)19-3-1-5-23(29(19)35(41)51)55-17-27(45)37-11-13-53-15-16-54-14-12-38-28(46)18-56-24-6-2-4-20-30(24)36(52)42(34(20)50)22-8-10-26(44)40-32(22)48/h1-6,21-22H,7-18H2,(H,37,45)(H,38,46)(H,39,43,47)(H,40,44,48). The summed E-state index contributed by atoms with van der Waals surface area (Å²) in [6.45, 7) is -0.0329. The molecule has 56 heavy (non-hydrogen) atoms. The molecular formula is C36H36N6O14. The van der Waals surface area contributed by atoms with E-state index in [0.29, 0.717) is 0 Å². The van der Waals surface area contributed by atoms with E-state index in [2.05, 4.69) is 21.3 Å². The summed E-state index contributed by atoms with van der Waals surface area (Å²) in [7, 11) is 0. The molecule has 0 bridgehead atoms. The van der Waals surface area contributed by atoms with Crippen LogP contribution in [0.25, 0.3) is 0 Å². The molecule has 4 heterocycles. The van der Waals surface area contributed by atoms with Crippen LogP contribution < -0.4 is 30.7 Å². The van der Waals surface area contributed by atoms with Gasteiger partial charge in [0.05, 0.1) is 48.7 Å². The summed E-state index contributed by atoms with van der Waals surface area (Å²) in [5, 5.41) is 9.45. The van der Waals surface area contributed by atoms with Crippen molar-refractivity contribution in [2.75, 3.05) is 52.7 Å². The van der Waals surface area contributed by atoms with Gasteiger partial charge in [-0.05, 0) is 37.1 Å². The molecule has 0 aromatic heterocycles. The van der Waals surface area contributed by atoms with Gasteiger partial charge in [0.2, 0.25) is 23.6 Å². The van der Waals surface area contributed by atoms with Crippen molar-refractivity contribution in [2.45, 2.75) is 37.8 Å². The number of hydrogen-bond acceptors (Lipinski definition) is 14. The first-order valence-electron chi connectivity index (χ1n) is 17.6. The van der Waals surface area contributed by atoms with Crippen LogP contribution in [0.15, 0.2) is 36.4 Å². The summed E-state index contributed by atoms with van der Waals surface area (Å²) in [4.78, 5) is 126. The van der Waals surface area contributed by atoms with Gasteiger partial charge in [-0.25, -0.2) is 0 Å². The molecular weight excluding hydrogens is 740 g/mol. The van der Waals surface area contributed by atoms with Crippen molar-refractivity contribution in [3.63, 3.8) is 0 Å². The van der Waals surface area contributed by atoms with Gasteiger partial charge in [0.15, 0.2) is 13.2 Å². The minimum absolute atomic E-state index is 0.00321. The van der Waals surface area contributed by atoms with E-state index in [0.717, 1.165) is 9.80 Å². The highest BCUT2D eigenvalue weighted by molar-refractivity contribution is 6.25. The Labute approximate surface area is 317 Å². The van der Waals surface area contributed by atoms with Crippen LogP contribution in [0, 0.1) is 0 Å². The van der Waals surface area contributed by atoms with Gasteiger partial charge in [-0.1, -0.05) is 12.1 Å². The van der Waals surface area contributed by atoms with Crippen LogP contribution in [-0.4, -0.2) is 134 Å². The number of imide groups is 4. The smallest absolute Gasteiger partial charge is 0.266 e. The van der Waals surface area contributed by atoms with Crippen LogP contribution in [0.2, 0.25) is 0 Å². The molecule has 2 saturated heterocycles. The Morgan fingerprint density at radius 1 is 0.589 bits per heavy atom. The average Bonchev–Trinajstić information content (AvgIpc) is 3.58. The number of amides is 10. The van der Waals surface area contributed by atoms with Gasteiger partial charge in [0.1, 0.15) is 23.6 Å². The van der Waals surface area contributed by atoms with Crippen LogP contribution in [0.1, 0.15) is 67.1 Å². The summed E-state index contributed by atoms with van der Waals surface area (Å²) in [6.07, 6.45) is -0.0257. The highest BCUT2D eigenvalue weighted by atomic mass is 16.5. The third-order valence-electron chi connectivity index (χ3n) is 9.09. The van der Waals surface area contributed by atoms with Gasteiger partial charge in [0, 0.05) is 25.9 Å². The Bertz CT molecular complexity index is 1870. The second kappa shape index (κ2) is 17.3.